The lowest BCUT2D eigenvalue weighted by Crippen LogP contribution is -2.49. The molecule has 3 aliphatic heterocycles. The number of ether oxygens (including phenoxy) is 1. The number of amides is 1. The van der Waals surface area contributed by atoms with Crippen LogP contribution in [-0.4, -0.2) is 73.6 Å². The van der Waals surface area contributed by atoms with E-state index in [9.17, 15) is 9.59 Å². The summed E-state index contributed by atoms with van der Waals surface area (Å²) < 4.78 is 6.69. The number of hydrogen-bond acceptors (Lipinski definition) is 7. The second-order valence-electron chi connectivity index (χ2n) is 9.00. The monoisotopic (exact) mass is 444 g/mol. The van der Waals surface area contributed by atoms with Gasteiger partial charge < -0.3 is 9.64 Å². The molecule has 3 aromatic rings. The topological polar surface area (TPSA) is 93.5 Å². The third-order valence-corrected chi connectivity index (χ3v) is 7.02. The number of likely N-dealkylation sites (tertiary alicyclic amines) is 2. The van der Waals surface area contributed by atoms with Crippen LogP contribution in [0.25, 0.3) is 5.69 Å². The highest BCUT2D eigenvalue weighted by Crippen LogP contribution is 2.31. The van der Waals surface area contributed by atoms with Crippen molar-refractivity contribution in [3.63, 3.8) is 0 Å². The molecule has 1 amide bonds. The molecule has 9 heteroatoms. The first kappa shape index (κ1) is 20.0. The summed E-state index contributed by atoms with van der Waals surface area (Å²) in [5.41, 5.74) is 4.78. The third kappa shape index (κ3) is 3.78. The molecular weight excluding hydrogens is 420 g/mol. The van der Waals surface area contributed by atoms with E-state index < -0.39 is 0 Å². The van der Waals surface area contributed by atoms with Crippen LogP contribution in [-0.2, 0) is 29.0 Å². The summed E-state index contributed by atoms with van der Waals surface area (Å²) in [6.45, 7) is 3.09. The fourth-order valence-electron chi connectivity index (χ4n) is 5.27. The number of tetrazole rings is 1. The number of esters is 1. The molecule has 0 N–H and O–H groups in total. The standard InChI is InChI=1S/C24H24N6O3/c31-23(10-16-1-4-19(5-2-16)30-15-25-26-27-30)29-13-20-11-21(29)12-28(20)8-7-17-3-6-22-18(9-17)14-33-24(22)32/h1-6,9,15,20-21H,7-8,10-14H2. The minimum atomic E-state index is -0.221. The quantitative estimate of drug-likeness (QED) is 0.531. The fourth-order valence-corrected chi connectivity index (χ4v) is 5.27. The summed E-state index contributed by atoms with van der Waals surface area (Å²) in [7, 11) is 0. The van der Waals surface area contributed by atoms with Gasteiger partial charge in [0, 0.05) is 37.3 Å². The maximum Gasteiger partial charge on any atom is 0.338 e. The number of carbonyl (C=O) groups is 2. The molecule has 9 nitrogen and oxygen atoms in total. The molecule has 6 rings (SSSR count). The average molecular weight is 444 g/mol. The van der Waals surface area contributed by atoms with Crippen molar-refractivity contribution in [2.75, 3.05) is 19.6 Å². The first-order valence-corrected chi connectivity index (χ1v) is 11.3. The van der Waals surface area contributed by atoms with Crippen LogP contribution < -0.4 is 0 Å². The van der Waals surface area contributed by atoms with Gasteiger partial charge in [0.25, 0.3) is 0 Å². The normalized spacial score (nSPS) is 21.5. The molecule has 2 fully saturated rings. The molecule has 3 aliphatic rings. The van der Waals surface area contributed by atoms with Crippen LogP contribution in [0.5, 0.6) is 0 Å². The van der Waals surface area contributed by atoms with Crippen LogP contribution in [0.3, 0.4) is 0 Å². The Balaban J connectivity index is 1.02. The van der Waals surface area contributed by atoms with Gasteiger partial charge >= 0.3 is 5.97 Å². The number of fused-ring (bicyclic) bond motifs is 3. The summed E-state index contributed by atoms with van der Waals surface area (Å²) in [6.07, 6.45) is 3.95. The molecule has 2 saturated heterocycles. The summed E-state index contributed by atoms with van der Waals surface area (Å²) >= 11 is 0. The Morgan fingerprint density at radius 2 is 1.91 bits per heavy atom. The summed E-state index contributed by atoms with van der Waals surface area (Å²) in [5.74, 6) is -0.0257. The highest BCUT2D eigenvalue weighted by atomic mass is 16.5. The molecule has 4 heterocycles. The molecule has 2 atom stereocenters. The van der Waals surface area contributed by atoms with E-state index in [1.807, 2.05) is 36.4 Å². The molecular formula is C24H24N6O3. The Morgan fingerprint density at radius 1 is 1.06 bits per heavy atom. The molecule has 0 saturated carbocycles. The van der Waals surface area contributed by atoms with Crippen molar-refractivity contribution >= 4 is 11.9 Å². The van der Waals surface area contributed by atoms with Crippen molar-refractivity contribution in [2.45, 2.75) is 38.0 Å². The zero-order valence-corrected chi connectivity index (χ0v) is 18.1. The molecule has 0 radical (unpaired) electrons. The second kappa shape index (κ2) is 8.08. The Labute approximate surface area is 190 Å². The average Bonchev–Trinajstić information content (AvgIpc) is 3.63. The maximum absolute atomic E-state index is 13.0. The van der Waals surface area contributed by atoms with E-state index in [1.165, 1.54) is 5.56 Å². The van der Waals surface area contributed by atoms with Gasteiger partial charge in [-0.2, -0.15) is 0 Å². The number of nitrogens with zero attached hydrogens (tertiary/aromatic N) is 6. The smallest absolute Gasteiger partial charge is 0.338 e. The zero-order valence-electron chi connectivity index (χ0n) is 18.1. The molecule has 0 aliphatic carbocycles. The minimum absolute atomic E-state index is 0.195. The predicted molar refractivity (Wildman–Crippen MR) is 118 cm³/mol. The lowest BCUT2D eigenvalue weighted by Gasteiger charge is -2.34. The van der Waals surface area contributed by atoms with E-state index in [0.717, 1.165) is 49.3 Å². The van der Waals surface area contributed by atoms with E-state index in [0.29, 0.717) is 30.7 Å². The van der Waals surface area contributed by atoms with E-state index in [-0.39, 0.29) is 11.9 Å². The van der Waals surface area contributed by atoms with E-state index in [2.05, 4.69) is 31.4 Å². The largest absolute Gasteiger partial charge is 0.457 e. The fraction of sp³-hybridized carbons (Fsp3) is 0.375. The molecule has 168 valence electrons. The first-order valence-electron chi connectivity index (χ1n) is 11.3. The number of hydrogen-bond donors (Lipinski definition) is 0. The van der Waals surface area contributed by atoms with Crippen molar-refractivity contribution in [2.24, 2.45) is 0 Å². The minimum Gasteiger partial charge on any atom is -0.457 e. The molecule has 2 aromatic carbocycles. The van der Waals surface area contributed by atoms with Crippen LogP contribution in [0, 0.1) is 0 Å². The van der Waals surface area contributed by atoms with Gasteiger partial charge in [-0.15, -0.1) is 5.10 Å². The highest BCUT2D eigenvalue weighted by Gasteiger charge is 2.44. The third-order valence-electron chi connectivity index (χ3n) is 7.02. The zero-order chi connectivity index (χ0) is 22.4. The first-order chi connectivity index (χ1) is 16.1. The Morgan fingerprint density at radius 3 is 2.67 bits per heavy atom. The SMILES string of the molecule is O=C1OCc2cc(CCN3CC4CC3CN4C(=O)Cc3ccc(-n4cnnn4)cc3)ccc21. The predicted octanol–water partition coefficient (Wildman–Crippen LogP) is 1.40. The van der Waals surface area contributed by atoms with Gasteiger partial charge in [0.2, 0.25) is 5.91 Å². The van der Waals surface area contributed by atoms with Crippen LogP contribution in [0.4, 0.5) is 0 Å². The van der Waals surface area contributed by atoms with Crippen molar-refractivity contribution in [1.29, 1.82) is 0 Å². The van der Waals surface area contributed by atoms with E-state index >= 15 is 0 Å². The van der Waals surface area contributed by atoms with Gasteiger partial charge in [-0.25, -0.2) is 9.48 Å². The molecule has 0 spiro atoms. The molecule has 1 aromatic heterocycles. The van der Waals surface area contributed by atoms with E-state index in [1.54, 1.807) is 11.0 Å². The number of rotatable bonds is 6. The van der Waals surface area contributed by atoms with Gasteiger partial charge in [-0.1, -0.05) is 24.3 Å². The van der Waals surface area contributed by atoms with Crippen molar-refractivity contribution < 1.29 is 14.3 Å². The van der Waals surface area contributed by atoms with Crippen molar-refractivity contribution in [3.8, 4) is 5.69 Å². The van der Waals surface area contributed by atoms with Crippen molar-refractivity contribution in [3.05, 3.63) is 71.0 Å². The highest BCUT2D eigenvalue weighted by molar-refractivity contribution is 5.93. The van der Waals surface area contributed by atoms with Crippen LogP contribution in [0.15, 0.2) is 48.8 Å². The Bertz CT molecular complexity index is 1190. The lowest BCUT2D eigenvalue weighted by molar-refractivity contribution is -0.132. The number of carbonyl (C=O) groups excluding carboxylic acids is 2. The number of aromatic nitrogens is 4. The van der Waals surface area contributed by atoms with Crippen LogP contribution in [0.1, 0.15) is 33.5 Å². The Kier molecular flexibility index (Phi) is 4.91. The summed E-state index contributed by atoms with van der Waals surface area (Å²) in [6, 6.07) is 14.5. The van der Waals surface area contributed by atoms with Gasteiger partial charge in [0.1, 0.15) is 12.9 Å². The molecule has 2 unspecified atom stereocenters. The van der Waals surface area contributed by atoms with Crippen LogP contribution >= 0.6 is 0 Å². The maximum atomic E-state index is 13.0. The number of piperazine rings is 1. The van der Waals surface area contributed by atoms with Crippen LogP contribution in [0.2, 0.25) is 0 Å². The van der Waals surface area contributed by atoms with Gasteiger partial charge in [0.15, 0.2) is 0 Å². The molecule has 33 heavy (non-hydrogen) atoms. The molecule has 2 bridgehead atoms. The lowest BCUT2D eigenvalue weighted by atomic mass is 10.0. The van der Waals surface area contributed by atoms with Gasteiger partial charge in [-0.3, -0.25) is 9.69 Å². The van der Waals surface area contributed by atoms with Crippen molar-refractivity contribution in [1.82, 2.24) is 30.0 Å². The van der Waals surface area contributed by atoms with Gasteiger partial charge in [-0.05, 0) is 52.6 Å². The second-order valence-corrected chi connectivity index (χ2v) is 9.00. The Hall–Kier alpha value is -3.59. The summed E-state index contributed by atoms with van der Waals surface area (Å²) in [5, 5.41) is 11.2. The van der Waals surface area contributed by atoms with E-state index in [4.69, 9.17) is 4.74 Å². The summed E-state index contributed by atoms with van der Waals surface area (Å²) in [4.78, 5) is 29.2. The number of cyclic esters (lactones) is 1. The number of benzene rings is 2. The van der Waals surface area contributed by atoms with Gasteiger partial charge in [0.05, 0.1) is 17.7 Å².